The lowest BCUT2D eigenvalue weighted by Gasteiger charge is -2.36. The highest BCUT2D eigenvalue weighted by atomic mass is 28.4. The third-order valence-corrected chi connectivity index (χ3v) is 10.1. The van der Waals surface area contributed by atoms with Crippen molar-refractivity contribution in [2.24, 2.45) is 0 Å². The lowest BCUT2D eigenvalue weighted by molar-refractivity contribution is -0.153. The summed E-state index contributed by atoms with van der Waals surface area (Å²) in [7, 11) is -1.92. The Kier molecular flexibility index (Phi) is 7.29. The molecule has 4 atom stereocenters. The average molecular weight is 409 g/mol. The zero-order valence-electron chi connectivity index (χ0n) is 18.2. The largest absolute Gasteiger partial charge is 0.414 e. The molecule has 0 radical (unpaired) electrons. The smallest absolute Gasteiger partial charge is 0.192 e. The van der Waals surface area contributed by atoms with Gasteiger partial charge in [0.15, 0.2) is 14.1 Å². The number of hydrogen-bond acceptors (Lipinski definition) is 5. The van der Waals surface area contributed by atoms with Gasteiger partial charge in [-0.05, 0) is 37.5 Å². The molecule has 0 spiro atoms. The fraction of sp³-hybridized carbons (Fsp3) is 0.636. The van der Waals surface area contributed by atoms with Gasteiger partial charge in [-0.3, -0.25) is 0 Å². The normalized spacial score (nSPS) is 25.2. The summed E-state index contributed by atoms with van der Waals surface area (Å²) in [4.78, 5) is 0. The maximum atomic E-state index is 10.8. The van der Waals surface area contributed by atoms with Gasteiger partial charge >= 0.3 is 0 Å². The minimum Gasteiger partial charge on any atom is -0.414 e. The summed E-state index contributed by atoms with van der Waals surface area (Å²) in [5, 5.41) is 21.2. The van der Waals surface area contributed by atoms with Gasteiger partial charge in [0.05, 0.1) is 12.7 Å². The second kappa shape index (κ2) is 8.77. The topological polar surface area (TPSA) is 68.2 Å². The maximum absolute atomic E-state index is 10.8. The van der Waals surface area contributed by atoms with Gasteiger partial charge < -0.3 is 24.1 Å². The van der Waals surface area contributed by atoms with Crippen LogP contribution in [0.3, 0.4) is 0 Å². The Balaban J connectivity index is 2.03. The number of benzene rings is 1. The van der Waals surface area contributed by atoms with Gasteiger partial charge in [0.25, 0.3) is 0 Å². The summed E-state index contributed by atoms with van der Waals surface area (Å²) < 4.78 is 18.0. The first kappa shape index (κ1) is 23.3. The van der Waals surface area contributed by atoms with Gasteiger partial charge in [-0.15, -0.1) is 0 Å². The Morgan fingerprint density at radius 3 is 2.32 bits per heavy atom. The third-order valence-electron chi connectivity index (χ3n) is 5.56. The predicted octanol–water partition coefficient (Wildman–Crippen LogP) is 4.18. The minimum atomic E-state index is -1.92. The second-order valence-electron chi connectivity index (χ2n) is 9.44. The van der Waals surface area contributed by atoms with Crippen LogP contribution in [0.4, 0.5) is 0 Å². The SMILES string of the molecule is CC1(C)O[C@@H]([C@@H](O)c2ccccc2)[C@@H](/C=C/[C@H](O)CO[Si](C)(C)C(C)(C)C)O1. The summed E-state index contributed by atoms with van der Waals surface area (Å²) in [5.74, 6) is -0.808. The lowest BCUT2D eigenvalue weighted by Crippen LogP contribution is -2.42. The molecule has 2 N–H and O–H groups in total. The molecule has 1 aliphatic heterocycles. The van der Waals surface area contributed by atoms with Crippen LogP contribution in [0, 0.1) is 0 Å². The van der Waals surface area contributed by atoms with Crippen LogP contribution in [0.1, 0.15) is 46.3 Å². The van der Waals surface area contributed by atoms with Gasteiger partial charge in [0.2, 0.25) is 0 Å². The van der Waals surface area contributed by atoms with Gasteiger partial charge in [0.1, 0.15) is 18.3 Å². The van der Waals surface area contributed by atoms with E-state index >= 15 is 0 Å². The summed E-state index contributed by atoms with van der Waals surface area (Å²) in [6.07, 6.45) is 0.863. The molecule has 1 aromatic rings. The van der Waals surface area contributed by atoms with Crippen molar-refractivity contribution in [2.75, 3.05) is 6.61 Å². The van der Waals surface area contributed by atoms with Crippen LogP contribution >= 0.6 is 0 Å². The maximum Gasteiger partial charge on any atom is 0.192 e. The lowest BCUT2D eigenvalue weighted by atomic mass is 10.00. The first-order valence-corrected chi connectivity index (χ1v) is 12.8. The van der Waals surface area contributed by atoms with Crippen molar-refractivity contribution in [1.82, 2.24) is 0 Å². The zero-order chi connectivity index (χ0) is 21.2. The molecule has 5 nitrogen and oxygen atoms in total. The fourth-order valence-corrected chi connectivity index (χ4v) is 3.87. The van der Waals surface area contributed by atoms with E-state index in [-0.39, 0.29) is 11.6 Å². The summed E-state index contributed by atoms with van der Waals surface area (Å²) >= 11 is 0. The molecule has 2 rings (SSSR count). The van der Waals surface area contributed by atoms with Crippen LogP contribution in [0.2, 0.25) is 18.1 Å². The van der Waals surface area contributed by atoms with Crippen molar-refractivity contribution in [3.63, 3.8) is 0 Å². The Labute approximate surface area is 170 Å². The van der Waals surface area contributed by atoms with Gasteiger partial charge in [-0.25, -0.2) is 0 Å². The first-order chi connectivity index (χ1) is 12.8. The molecular formula is C22H36O5Si. The van der Waals surface area contributed by atoms with Crippen LogP contribution in [0.25, 0.3) is 0 Å². The molecule has 0 aliphatic carbocycles. The van der Waals surface area contributed by atoms with Crippen molar-refractivity contribution in [3.05, 3.63) is 48.0 Å². The van der Waals surface area contributed by atoms with Crippen molar-refractivity contribution in [2.45, 2.75) is 83.0 Å². The zero-order valence-corrected chi connectivity index (χ0v) is 19.2. The highest BCUT2D eigenvalue weighted by molar-refractivity contribution is 6.74. The highest BCUT2D eigenvalue weighted by Gasteiger charge is 2.44. The Morgan fingerprint density at radius 2 is 1.75 bits per heavy atom. The fourth-order valence-electron chi connectivity index (χ4n) is 2.85. The van der Waals surface area contributed by atoms with Crippen LogP contribution in [-0.2, 0) is 13.9 Å². The Bertz CT molecular complexity index is 651. The predicted molar refractivity (Wildman–Crippen MR) is 114 cm³/mol. The summed E-state index contributed by atoms with van der Waals surface area (Å²) in [6.45, 7) is 14.7. The average Bonchev–Trinajstić information content (AvgIpc) is 2.92. The monoisotopic (exact) mass is 408 g/mol. The molecule has 0 unspecified atom stereocenters. The van der Waals surface area contributed by atoms with Gasteiger partial charge in [-0.1, -0.05) is 63.3 Å². The summed E-state index contributed by atoms with van der Waals surface area (Å²) in [6, 6.07) is 9.39. The standard InChI is InChI=1S/C22H36O5Si/c1-21(2,3)28(6,7)25-15-17(23)13-14-18-20(27-22(4,5)26-18)19(24)16-11-9-8-10-12-16/h8-14,17-20,23-24H,15H2,1-7H3/b14-13+/t17-,18+,19-,20+/m0/s1. The molecule has 28 heavy (non-hydrogen) atoms. The quantitative estimate of drug-likeness (QED) is 0.523. The van der Waals surface area contributed by atoms with Crippen LogP contribution in [-0.4, -0.2) is 49.2 Å². The number of rotatable bonds is 7. The minimum absolute atomic E-state index is 0.0910. The van der Waals surface area contributed by atoms with Crippen LogP contribution in [0.15, 0.2) is 42.5 Å². The molecular weight excluding hydrogens is 372 g/mol. The molecule has 0 bridgehead atoms. The van der Waals surface area contributed by atoms with Crippen molar-refractivity contribution >= 4 is 8.32 Å². The first-order valence-electron chi connectivity index (χ1n) is 9.91. The van der Waals surface area contributed by atoms with E-state index in [9.17, 15) is 10.2 Å². The molecule has 158 valence electrons. The second-order valence-corrected chi connectivity index (χ2v) is 14.3. The van der Waals surface area contributed by atoms with Crippen molar-refractivity contribution < 1.29 is 24.1 Å². The van der Waals surface area contributed by atoms with E-state index in [1.54, 1.807) is 12.2 Å². The number of ether oxygens (including phenoxy) is 2. The number of aliphatic hydroxyl groups excluding tert-OH is 2. The van der Waals surface area contributed by atoms with Crippen molar-refractivity contribution in [3.8, 4) is 0 Å². The molecule has 1 aliphatic rings. The molecule has 0 saturated carbocycles. The van der Waals surface area contributed by atoms with E-state index in [1.165, 1.54) is 0 Å². The molecule has 1 heterocycles. The molecule has 0 amide bonds. The van der Waals surface area contributed by atoms with Crippen LogP contribution < -0.4 is 0 Å². The third kappa shape index (κ3) is 5.99. The van der Waals surface area contributed by atoms with Gasteiger partial charge in [-0.2, -0.15) is 0 Å². The van der Waals surface area contributed by atoms with Crippen LogP contribution in [0.5, 0.6) is 0 Å². The van der Waals surface area contributed by atoms with E-state index in [0.29, 0.717) is 0 Å². The molecule has 1 saturated heterocycles. The van der Waals surface area contributed by atoms with Gasteiger partial charge in [0, 0.05) is 0 Å². The van der Waals surface area contributed by atoms with E-state index in [1.807, 2.05) is 44.2 Å². The molecule has 1 aromatic carbocycles. The molecule has 6 heteroatoms. The Morgan fingerprint density at radius 1 is 1.14 bits per heavy atom. The van der Waals surface area contributed by atoms with E-state index < -0.39 is 38.5 Å². The van der Waals surface area contributed by atoms with E-state index in [2.05, 4.69) is 33.9 Å². The number of aliphatic hydroxyl groups is 2. The Hall–Kier alpha value is -1.02. The number of hydrogen-bond donors (Lipinski definition) is 2. The van der Waals surface area contributed by atoms with E-state index in [4.69, 9.17) is 13.9 Å². The highest BCUT2D eigenvalue weighted by Crippen LogP contribution is 2.37. The molecule has 0 aromatic heterocycles. The van der Waals surface area contributed by atoms with E-state index in [0.717, 1.165) is 5.56 Å². The summed E-state index contributed by atoms with van der Waals surface area (Å²) in [5.41, 5.74) is 0.772. The van der Waals surface area contributed by atoms with Crippen molar-refractivity contribution in [1.29, 1.82) is 0 Å². The molecule has 1 fully saturated rings.